The van der Waals surface area contributed by atoms with Crippen molar-refractivity contribution < 1.29 is 33.4 Å². The summed E-state index contributed by atoms with van der Waals surface area (Å²) in [4.78, 5) is 56.7. The van der Waals surface area contributed by atoms with Gasteiger partial charge in [0.05, 0.1) is 12.5 Å². The van der Waals surface area contributed by atoms with Gasteiger partial charge in [0.1, 0.15) is 24.2 Å². The number of hydrogen-bond donors (Lipinski definition) is 2. The summed E-state index contributed by atoms with van der Waals surface area (Å²) in [6.45, 7) is 8.47. The van der Waals surface area contributed by atoms with Gasteiger partial charge in [-0.3, -0.25) is 14.4 Å². The fourth-order valence-corrected chi connectivity index (χ4v) is 4.89. The van der Waals surface area contributed by atoms with E-state index in [1.54, 1.807) is 12.2 Å². The number of carbonyl (C=O) groups excluding carboxylic acids is 4. The molecule has 4 atom stereocenters. The third kappa shape index (κ3) is 8.11. The fourth-order valence-electron chi connectivity index (χ4n) is 4.89. The molecule has 0 spiro atoms. The SMILES string of the molecule is C/C1=C\[C@@H](O)CC(=O)Cc2nc(co2)C(=O)N2CCCC2C(=O)O[C@H](C(C)C)[C@H](C)/C=C/C(=O)NCCC1. The fraction of sp³-hybridized carbons (Fsp3) is 0.607. The van der Waals surface area contributed by atoms with Gasteiger partial charge in [0.15, 0.2) is 5.69 Å². The molecule has 1 fully saturated rings. The lowest BCUT2D eigenvalue weighted by Crippen LogP contribution is -2.44. The molecule has 208 valence electrons. The smallest absolute Gasteiger partial charge is 0.329 e. The molecule has 1 aromatic heterocycles. The molecule has 1 aromatic rings. The van der Waals surface area contributed by atoms with Crippen molar-refractivity contribution in [3.05, 3.63) is 41.6 Å². The van der Waals surface area contributed by atoms with E-state index in [1.807, 2.05) is 27.7 Å². The summed E-state index contributed by atoms with van der Waals surface area (Å²) in [7, 11) is 0. The van der Waals surface area contributed by atoms with E-state index in [0.717, 1.165) is 5.57 Å². The standard InChI is InChI=1S/C28H39N3O7/c1-17(2)26-19(4)9-10-24(34)29-11-5-7-18(3)13-20(32)14-21(33)15-25-30-22(16-37-25)27(35)31-12-6-8-23(31)28(36)38-26/h9-10,13,16-17,19-20,23,26,32H,5-8,11-12,14-15H2,1-4H3,(H,29,34)/b10-9+,18-13+/t19-,20-,23?,26-/m1/s1. The largest absolute Gasteiger partial charge is 0.460 e. The van der Waals surface area contributed by atoms with Crippen LogP contribution < -0.4 is 5.32 Å². The zero-order chi connectivity index (χ0) is 27.8. The van der Waals surface area contributed by atoms with E-state index in [4.69, 9.17) is 9.15 Å². The molecule has 2 bridgehead atoms. The number of aliphatic hydroxyl groups excluding tert-OH is 1. The number of aromatic nitrogens is 1. The van der Waals surface area contributed by atoms with Crippen molar-refractivity contribution in [1.82, 2.24) is 15.2 Å². The molecule has 2 aliphatic rings. The van der Waals surface area contributed by atoms with Gasteiger partial charge in [0.2, 0.25) is 11.8 Å². The summed E-state index contributed by atoms with van der Waals surface area (Å²) < 4.78 is 11.2. The monoisotopic (exact) mass is 529 g/mol. The first-order chi connectivity index (χ1) is 18.0. The Hall–Kier alpha value is -3.27. The summed E-state index contributed by atoms with van der Waals surface area (Å²) in [5, 5.41) is 13.1. The quantitative estimate of drug-likeness (QED) is 0.418. The zero-order valence-electron chi connectivity index (χ0n) is 22.6. The van der Waals surface area contributed by atoms with Gasteiger partial charge in [-0.1, -0.05) is 38.5 Å². The second-order valence-corrected chi connectivity index (χ2v) is 10.5. The van der Waals surface area contributed by atoms with Crippen LogP contribution in [0.3, 0.4) is 0 Å². The minimum Gasteiger partial charge on any atom is -0.460 e. The Balaban J connectivity index is 1.82. The van der Waals surface area contributed by atoms with Gasteiger partial charge in [-0.25, -0.2) is 9.78 Å². The van der Waals surface area contributed by atoms with Crippen LogP contribution in [0.5, 0.6) is 0 Å². The number of aliphatic hydroxyl groups is 1. The third-order valence-corrected chi connectivity index (χ3v) is 6.84. The van der Waals surface area contributed by atoms with E-state index in [0.29, 0.717) is 38.8 Å². The maximum absolute atomic E-state index is 13.2. The minimum atomic E-state index is -0.954. The van der Waals surface area contributed by atoms with Crippen LogP contribution in [0.15, 0.2) is 34.5 Å². The van der Waals surface area contributed by atoms with Gasteiger partial charge >= 0.3 is 5.97 Å². The Morgan fingerprint density at radius 3 is 2.68 bits per heavy atom. The lowest BCUT2D eigenvalue weighted by molar-refractivity contribution is -0.158. The second kappa shape index (κ2) is 13.5. The lowest BCUT2D eigenvalue weighted by atomic mass is 9.94. The Morgan fingerprint density at radius 2 is 1.95 bits per heavy atom. The molecule has 2 N–H and O–H groups in total. The summed E-state index contributed by atoms with van der Waals surface area (Å²) in [6, 6.07) is -0.753. The number of oxazole rings is 1. The molecule has 0 aromatic carbocycles. The maximum Gasteiger partial charge on any atom is 0.329 e. The maximum atomic E-state index is 13.2. The third-order valence-electron chi connectivity index (χ3n) is 6.84. The van der Waals surface area contributed by atoms with E-state index in [1.165, 1.54) is 17.2 Å². The predicted molar refractivity (Wildman–Crippen MR) is 139 cm³/mol. The topological polar surface area (TPSA) is 139 Å². The molecule has 38 heavy (non-hydrogen) atoms. The molecular weight excluding hydrogens is 490 g/mol. The van der Waals surface area contributed by atoms with Crippen LogP contribution in [0.1, 0.15) is 76.2 Å². The first kappa shape index (κ1) is 29.3. The molecule has 10 heteroatoms. The number of cyclic esters (lactones) is 1. The molecule has 0 radical (unpaired) electrons. The number of Topliss-reactive ketones (excluding diaryl/α,β-unsaturated/α-hetero) is 1. The molecule has 2 aliphatic heterocycles. The van der Waals surface area contributed by atoms with Gasteiger partial charge in [-0.2, -0.15) is 0 Å². The number of nitrogens with zero attached hydrogens (tertiary/aromatic N) is 2. The van der Waals surface area contributed by atoms with Crippen molar-refractivity contribution in [1.29, 1.82) is 0 Å². The zero-order valence-corrected chi connectivity index (χ0v) is 22.6. The van der Waals surface area contributed by atoms with Crippen LogP contribution in [0.4, 0.5) is 0 Å². The Morgan fingerprint density at radius 1 is 1.18 bits per heavy atom. The normalized spacial score (nSPS) is 29.3. The molecule has 10 nitrogen and oxygen atoms in total. The van der Waals surface area contributed by atoms with Crippen LogP contribution in [-0.2, 0) is 25.5 Å². The number of fused-ring (bicyclic) bond motifs is 3. The van der Waals surface area contributed by atoms with Gasteiger partial charge in [0.25, 0.3) is 5.91 Å². The number of allylic oxidation sites excluding steroid dienone is 1. The highest BCUT2D eigenvalue weighted by Crippen LogP contribution is 2.25. The van der Waals surface area contributed by atoms with Gasteiger partial charge in [-0.05, 0) is 44.6 Å². The number of hydrogen-bond acceptors (Lipinski definition) is 8. The second-order valence-electron chi connectivity index (χ2n) is 10.5. The molecule has 0 saturated carbocycles. The number of ether oxygens (including phenoxy) is 1. The van der Waals surface area contributed by atoms with Crippen LogP contribution in [0.2, 0.25) is 0 Å². The van der Waals surface area contributed by atoms with Crippen LogP contribution >= 0.6 is 0 Å². The Labute approximate surface area is 223 Å². The number of amides is 2. The summed E-state index contributed by atoms with van der Waals surface area (Å²) >= 11 is 0. The molecule has 3 rings (SSSR count). The summed E-state index contributed by atoms with van der Waals surface area (Å²) in [5.74, 6) is -1.63. The van der Waals surface area contributed by atoms with Crippen molar-refractivity contribution in [3.8, 4) is 0 Å². The van der Waals surface area contributed by atoms with E-state index in [-0.39, 0.29) is 48.0 Å². The van der Waals surface area contributed by atoms with Crippen molar-refractivity contribution in [2.24, 2.45) is 11.8 Å². The van der Waals surface area contributed by atoms with Gasteiger partial charge < -0.3 is 24.5 Å². The minimum absolute atomic E-state index is 0.0116. The van der Waals surface area contributed by atoms with Crippen LogP contribution in [-0.4, -0.2) is 69.9 Å². The molecule has 1 unspecified atom stereocenters. The number of nitrogens with one attached hydrogen (secondary N) is 1. The number of carbonyl (C=O) groups is 4. The van der Waals surface area contributed by atoms with E-state index in [9.17, 15) is 24.3 Å². The number of esters is 1. The highest BCUT2D eigenvalue weighted by atomic mass is 16.5. The number of rotatable bonds is 1. The van der Waals surface area contributed by atoms with E-state index in [2.05, 4.69) is 10.3 Å². The van der Waals surface area contributed by atoms with Crippen LogP contribution in [0, 0.1) is 11.8 Å². The average Bonchev–Trinajstić information content (AvgIpc) is 3.52. The first-order valence-electron chi connectivity index (χ1n) is 13.3. The molecule has 3 heterocycles. The molecule has 2 amide bonds. The summed E-state index contributed by atoms with van der Waals surface area (Å²) in [5.41, 5.74) is 0.928. The van der Waals surface area contributed by atoms with Gasteiger partial charge in [-0.15, -0.1) is 0 Å². The van der Waals surface area contributed by atoms with Crippen molar-refractivity contribution in [3.63, 3.8) is 0 Å². The molecule has 1 saturated heterocycles. The predicted octanol–water partition coefficient (Wildman–Crippen LogP) is 2.76. The van der Waals surface area contributed by atoms with Crippen molar-refractivity contribution in [2.45, 2.75) is 84.5 Å². The van der Waals surface area contributed by atoms with Crippen LogP contribution in [0.25, 0.3) is 0 Å². The first-order valence-corrected chi connectivity index (χ1v) is 13.3. The lowest BCUT2D eigenvalue weighted by Gasteiger charge is -2.29. The van der Waals surface area contributed by atoms with Gasteiger partial charge in [0, 0.05) is 25.4 Å². The van der Waals surface area contributed by atoms with Crippen molar-refractivity contribution >= 4 is 23.6 Å². The number of ketones is 1. The van der Waals surface area contributed by atoms with Crippen molar-refractivity contribution in [2.75, 3.05) is 13.1 Å². The highest BCUT2D eigenvalue weighted by Gasteiger charge is 2.38. The summed E-state index contributed by atoms with van der Waals surface area (Å²) in [6.07, 6.45) is 6.75. The Kier molecular flexibility index (Phi) is 10.4. The van der Waals surface area contributed by atoms with E-state index < -0.39 is 30.1 Å². The highest BCUT2D eigenvalue weighted by molar-refractivity contribution is 5.95. The Bertz CT molecular complexity index is 1070. The average molecular weight is 530 g/mol. The molecule has 0 aliphatic carbocycles. The molecular formula is C28H39N3O7. The van der Waals surface area contributed by atoms with E-state index >= 15 is 0 Å².